The van der Waals surface area contributed by atoms with Gasteiger partial charge in [-0.25, -0.2) is 0 Å². The molecule has 15 heavy (non-hydrogen) atoms. The second-order valence-corrected chi connectivity index (χ2v) is 3.88. The van der Waals surface area contributed by atoms with E-state index >= 15 is 0 Å². The number of aliphatic hydroxyl groups is 2. The van der Waals surface area contributed by atoms with Crippen LogP contribution in [-0.4, -0.2) is 22.9 Å². The Hall–Kier alpha value is -1.06. The highest BCUT2D eigenvalue weighted by atomic mass is 16.5. The highest BCUT2D eigenvalue weighted by Gasteiger charge is 2.10. The molecule has 0 aromatic heterocycles. The molecule has 0 radical (unpaired) electrons. The maximum absolute atomic E-state index is 9.55. The Morgan fingerprint density at radius 1 is 1.27 bits per heavy atom. The van der Waals surface area contributed by atoms with Gasteiger partial charge in [-0.3, -0.25) is 0 Å². The van der Waals surface area contributed by atoms with Crippen LogP contribution >= 0.6 is 0 Å². The summed E-state index contributed by atoms with van der Waals surface area (Å²) in [6.07, 6.45) is -1.07. The van der Waals surface area contributed by atoms with Crippen LogP contribution in [0, 0.1) is 6.92 Å². The lowest BCUT2D eigenvalue weighted by atomic mass is 10.1. The Balaban J connectivity index is 2.86. The van der Waals surface area contributed by atoms with Crippen LogP contribution in [0.3, 0.4) is 0 Å². The fourth-order valence-electron chi connectivity index (χ4n) is 1.34. The van der Waals surface area contributed by atoms with E-state index in [0.29, 0.717) is 5.75 Å². The number of hydrogen-bond donors (Lipinski definition) is 2. The quantitative estimate of drug-likeness (QED) is 0.796. The summed E-state index contributed by atoms with van der Waals surface area (Å²) in [5, 5.41) is 18.7. The molecular formula is C12H18O3. The number of rotatable bonds is 4. The van der Waals surface area contributed by atoms with Gasteiger partial charge in [0.15, 0.2) is 0 Å². The van der Waals surface area contributed by atoms with Gasteiger partial charge >= 0.3 is 0 Å². The summed E-state index contributed by atoms with van der Waals surface area (Å²) < 4.78 is 5.40. The zero-order valence-corrected chi connectivity index (χ0v) is 9.40. The van der Waals surface area contributed by atoms with Gasteiger partial charge in [-0.1, -0.05) is 11.6 Å². The molecule has 0 aliphatic heterocycles. The summed E-state index contributed by atoms with van der Waals surface area (Å²) in [4.78, 5) is 0. The topological polar surface area (TPSA) is 49.7 Å². The summed E-state index contributed by atoms with van der Waals surface area (Å²) in [7, 11) is 0. The van der Waals surface area contributed by atoms with Gasteiger partial charge in [0.25, 0.3) is 0 Å². The Morgan fingerprint density at radius 2 is 1.93 bits per heavy atom. The lowest BCUT2D eigenvalue weighted by Crippen LogP contribution is -2.14. The average Bonchev–Trinajstić information content (AvgIpc) is 2.15. The first-order chi connectivity index (χ1) is 7.00. The van der Waals surface area contributed by atoms with E-state index in [9.17, 15) is 5.11 Å². The minimum atomic E-state index is -0.561. The van der Waals surface area contributed by atoms with Crippen LogP contribution in [0.2, 0.25) is 0 Å². The number of ether oxygens (including phenoxy) is 1. The standard InChI is InChI=1S/C12H18O3/c1-8-4-5-12(15-7-9(2)13)11(6-8)10(3)14/h4-6,9-10,13-14H,7H2,1-3H3/t9?,10-/m0/s1. The molecule has 1 aromatic carbocycles. The normalized spacial score (nSPS) is 14.7. The van der Waals surface area contributed by atoms with E-state index in [-0.39, 0.29) is 6.61 Å². The molecule has 0 aliphatic carbocycles. The van der Waals surface area contributed by atoms with Crippen molar-refractivity contribution in [1.29, 1.82) is 0 Å². The summed E-state index contributed by atoms with van der Waals surface area (Å²) in [5.74, 6) is 0.636. The lowest BCUT2D eigenvalue weighted by Gasteiger charge is -2.15. The van der Waals surface area contributed by atoms with Crippen LogP contribution in [-0.2, 0) is 0 Å². The maximum atomic E-state index is 9.55. The van der Waals surface area contributed by atoms with Gasteiger partial charge < -0.3 is 14.9 Å². The van der Waals surface area contributed by atoms with Crippen LogP contribution in [0.4, 0.5) is 0 Å². The first kappa shape index (κ1) is 12.0. The van der Waals surface area contributed by atoms with Gasteiger partial charge in [0.1, 0.15) is 12.4 Å². The molecule has 0 saturated carbocycles. The zero-order chi connectivity index (χ0) is 11.4. The van der Waals surface area contributed by atoms with E-state index in [2.05, 4.69) is 0 Å². The van der Waals surface area contributed by atoms with Crippen molar-refractivity contribution in [3.8, 4) is 5.75 Å². The Morgan fingerprint density at radius 3 is 2.47 bits per heavy atom. The third kappa shape index (κ3) is 3.53. The van der Waals surface area contributed by atoms with Gasteiger partial charge in [-0.15, -0.1) is 0 Å². The van der Waals surface area contributed by atoms with Crippen molar-refractivity contribution in [2.24, 2.45) is 0 Å². The first-order valence-electron chi connectivity index (χ1n) is 5.10. The van der Waals surface area contributed by atoms with Crippen LogP contribution < -0.4 is 4.74 Å². The molecule has 3 nitrogen and oxygen atoms in total. The predicted octanol–water partition coefficient (Wildman–Crippen LogP) is 1.81. The minimum absolute atomic E-state index is 0.239. The molecular weight excluding hydrogens is 192 g/mol. The molecule has 1 aromatic rings. The van der Waals surface area contributed by atoms with Crippen molar-refractivity contribution in [1.82, 2.24) is 0 Å². The fraction of sp³-hybridized carbons (Fsp3) is 0.500. The Bertz CT molecular complexity index is 319. The highest BCUT2D eigenvalue weighted by molar-refractivity contribution is 5.38. The molecule has 0 bridgehead atoms. The molecule has 1 rings (SSSR count). The molecule has 0 fully saturated rings. The summed E-state index contributed by atoms with van der Waals surface area (Å²) in [6, 6.07) is 5.63. The molecule has 0 saturated heterocycles. The third-order valence-electron chi connectivity index (χ3n) is 2.10. The smallest absolute Gasteiger partial charge is 0.125 e. The van der Waals surface area contributed by atoms with Crippen LogP contribution in [0.1, 0.15) is 31.1 Å². The SMILES string of the molecule is Cc1ccc(OCC(C)O)c([C@H](C)O)c1. The van der Waals surface area contributed by atoms with Gasteiger partial charge in [0.2, 0.25) is 0 Å². The number of aryl methyl sites for hydroxylation is 1. The van der Waals surface area contributed by atoms with E-state index in [0.717, 1.165) is 11.1 Å². The molecule has 2 N–H and O–H groups in total. The van der Waals surface area contributed by atoms with Crippen LogP contribution in [0.5, 0.6) is 5.75 Å². The van der Waals surface area contributed by atoms with E-state index in [1.165, 1.54) is 0 Å². The van der Waals surface area contributed by atoms with Crippen LogP contribution in [0.25, 0.3) is 0 Å². The number of hydrogen-bond acceptors (Lipinski definition) is 3. The molecule has 0 aliphatic rings. The minimum Gasteiger partial charge on any atom is -0.491 e. The second-order valence-electron chi connectivity index (χ2n) is 3.88. The van der Waals surface area contributed by atoms with Gasteiger partial charge in [0.05, 0.1) is 12.2 Å². The molecule has 0 spiro atoms. The Labute approximate surface area is 90.3 Å². The van der Waals surface area contributed by atoms with E-state index < -0.39 is 12.2 Å². The molecule has 0 amide bonds. The van der Waals surface area contributed by atoms with Crippen molar-refractivity contribution in [2.75, 3.05) is 6.61 Å². The predicted molar refractivity (Wildman–Crippen MR) is 59.0 cm³/mol. The summed E-state index contributed by atoms with van der Waals surface area (Å²) >= 11 is 0. The average molecular weight is 210 g/mol. The number of aliphatic hydroxyl groups excluding tert-OH is 2. The maximum Gasteiger partial charge on any atom is 0.125 e. The first-order valence-corrected chi connectivity index (χ1v) is 5.10. The Kier molecular flexibility index (Phi) is 4.12. The zero-order valence-electron chi connectivity index (χ0n) is 9.40. The van der Waals surface area contributed by atoms with Crippen LogP contribution in [0.15, 0.2) is 18.2 Å². The van der Waals surface area contributed by atoms with E-state index in [4.69, 9.17) is 9.84 Å². The van der Waals surface area contributed by atoms with E-state index in [1.54, 1.807) is 13.8 Å². The lowest BCUT2D eigenvalue weighted by molar-refractivity contribution is 0.118. The highest BCUT2D eigenvalue weighted by Crippen LogP contribution is 2.26. The van der Waals surface area contributed by atoms with Crippen molar-refractivity contribution in [3.05, 3.63) is 29.3 Å². The molecule has 3 heteroatoms. The largest absolute Gasteiger partial charge is 0.491 e. The van der Waals surface area contributed by atoms with Gasteiger partial charge in [-0.05, 0) is 32.9 Å². The molecule has 1 unspecified atom stereocenters. The van der Waals surface area contributed by atoms with Crippen molar-refractivity contribution >= 4 is 0 Å². The monoisotopic (exact) mass is 210 g/mol. The summed E-state index contributed by atoms with van der Waals surface area (Å²) in [5.41, 5.74) is 1.84. The van der Waals surface area contributed by atoms with Gasteiger partial charge in [0, 0.05) is 5.56 Å². The summed E-state index contributed by atoms with van der Waals surface area (Å²) in [6.45, 7) is 5.56. The fourth-order valence-corrected chi connectivity index (χ4v) is 1.34. The molecule has 0 heterocycles. The molecule has 2 atom stereocenters. The third-order valence-corrected chi connectivity index (χ3v) is 2.10. The molecule has 84 valence electrons. The second kappa shape index (κ2) is 5.14. The van der Waals surface area contributed by atoms with E-state index in [1.807, 2.05) is 25.1 Å². The van der Waals surface area contributed by atoms with Crippen molar-refractivity contribution in [2.45, 2.75) is 33.0 Å². The van der Waals surface area contributed by atoms with Gasteiger partial charge in [-0.2, -0.15) is 0 Å². The van der Waals surface area contributed by atoms with Crippen molar-refractivity contribution in [3.63, 3.8) is 0 Å². The number of benzene rings is 1. The van der Waals surface area contributed by atoms with Crippen molar-refractivity contribution < 1.29 is 14.9 Å².